The molecule has 30 heavy (non-hydrogen) atoms. The highest BCUT2D eigenvalue weighted by molar-refractivity contribution is 7.89. The van der Waals surface area contributed by atoms with Gasteiger partial charge in [0.05, 0.1) is 11.0 Å². The predicted molar refractivity (Wildman–Crippen MR) is 93.1 cm³/mol. The van der Waals surface area contributed by atoms with Crippen molar-refractivity contribution in [2.24, 2.45) is 0 Å². The maximum Gasteiger partial charge on any atom is 0.573 e. The Hall–Kier alpha value is -3.13. The maximum atomic E-state index is 12.7. The van der Waals surface area contributed by atoms with Crippen molar-refractivity contribution >= 4 is 21.8 Å². The average Bonchev–Trinajstić information content (AvgIpc) is 3.17. The topological polar surface area (TPSA) is 123 Å². The number of ether oxygens (including phenoxy) is 1. The van der Waals surface area contributed by atoms with Gasteiger partial charge in [-0.05, 0) is 30.3 Å². The first-order valence-electron chi connectivity index (χ1n) is 8.37. The van der Waals surface area contributed by atoms with Crippen LogP contribution < -0.4 is 4.74 Å². The van der Waals surface area contributed by atoms with E-state index < -0.39 is 38.8 Å². The van der Waals surface area contributed by atoms with Crippen molar-refractivity contribution in [1.29, 1.82) is 0 Å². The molecule has 0 spiro atoms. The number of alkyl halides is 3. The third-order valence-corrected chi connectivity index (χ3v) is 6.12. The molecule has 10 nitrogen and oxygen atoms in total. The lowest BCUT2D eigenvalue weighted by molar-refractivity contribution is -0.402. The van der Waals surface area contributed by atoms with E-state index in [9.17, 15) is 36.5 Å². The van der Waals surface area contributed by atoms with E-state index in [1.807, 2.05) is 0 Å². The highest BCUT2D eigenvalue weighted by Gasteiger charge is 2.33. The lowest BCUT2D eigenvalue weighted by atomic mass is 10.3. The number of piperazine rings is 1. The second-order valence-corrected chi connectivity index (χ2v) is 8.05. The first-order chi connectivity index (χ1) is 14.0. The molecule has 1 saturated heterocycles. The molecule has 0 bridgehead atoms. The standard InChI is InChI=1S/C16H14F3N3O7S/c17-16(18,19)29-11-1-3-12(4-2-11)30(26,27)21-9-7-20(8-10-21)15(23)13-5-6-14(28-13)22(24)25/h1-6H,7-10H2. The number of nitrogens with zero attached hydrogens (tertiary/aromatic N) is 3. The largest absolute Gasteiger partial charge is 0.573 e. The van der Waals surface area contributed by atoms with Gasteiger partial charge in [0.2, 0.25) is 10.0 Å². The van der Waals surface area contributed by atoms with Gasteiger partial charge in [0.1, 0.15) is 10.7 Å². The molecule has 162 valence electrons. The third kappa shape index (κ3) is 4.71. The quantitative estimate of drug-likeness (QED) is 0.507. The summed E-state index contributed by atoms with van der Waals surface area (Å²) in [5, 5.41) is 10.6. The second kappa shape index (κ2) is 7.95. The van der Waals surface area contributed by atoms with Crippen molar-refractivity contribution in [2.75, 3.05) is 26.2 Å². The van der Waals surface area contributed by atoms with Crippen LogP contribution in [0.3, 0.4) is 0 Å². The van der Waals surface area contributed by atoms with E-state index in [0.29, 0.717) is 0 Å². The SMILES string of the molecule is O=C(c1ccc([N+](=O)[O-])o1)N1CCN(S(=O)(=O)c2ccc(OC(F)(F)F)cc2)CC1. The molecule has 2 aromatic rings. The van der Waals surface area contributed by atoms with Crippen LogP contribution in [-0.4, -0.2) is 61.0 Å². The zero-order valence-corrected chi connectivity index (χ0v) is 15.9. The van der Waals surface area contributed by atoms with Crippen LogP contribution in [0.15, 0.2) is 45.7 Å². The van der Waals surface area contributed by atoms with Crippen molar-refractivity contribution in [3.8, 4) is 5.75 Å². The highest BCUT2D eigenvalue weighted by atomic mass is 32.2. The summed E-state index contributed by atoms with van der Waals surface area (Å²) in [5.41, 5.74) is 0. The zero-order valence-electron chi connectivity index (χ0n) is 15.0. The lowest BCUT2D eigenvalue weighted by Crippen LogP contribution is -2.50. The highest BCUT2D eigenvalue weighted by Crippen LogP contribution is 2.26. The number of carbonyl (C=O) groups excluding carboxylic acids is 1. The molecule has 0 unspecified atom stereocenters. The van der Waals surface area contributed by atoms with Gasteiger partial charge in [-0.3, -0.25) is 14.9 Å². The fourth-order valence-electron chi connectivity index (χ4n) is 2.79. The number of hydrogen-bond donors (Lipinski definition) is 0. The van der Waals surface area contributed by atoms with E-state index in [1.165, 1.54) is 4.90 Å². The molecule has 1 aliphatic heterocycles. The lowest BCUT2D eigenvalue weighted by Gasteiger charge is -2.33. The van der Waals surface area contributed by atoms with Crippen LogP contribution >= 0.6 is 0 Å². The van der Waals surface area contributed by atoms with E-state index in [0.717, 1.165) is 40.7 Å². The summed E-state index contributed by atoms with van der Waals surface area (Å²) < 4.78 is 71.6. The fourth-order valence-corrected chi connectivity index (χ4v) is 4.21. The summed E-state index contributed by atoms with van der Waals surface area (Å²) in [6, 6.07) is 5.98. The molecule has 1 aromatic carbocycles. The number of furan rings is 1. The van der Waals surface area contributed by atoms with E-state index in [1.54, 1.807) is 0 Å². The average molecular weight is 449 g/mol. The number of sulfonamides is 1. The number of benzene rings is 1. The Bertz CT molecular complexity index is 1040. The zero-order chi connectivity index (χ0) is 22.1. The molecular formula is C16H14F3N3O7S. The number of amides is 1. The van der Waals surface area contributed by atoms with E-state index >= 15 is 0 Å². The molecule has 0 atom stereocenters. The van der Waals surface area contributed by atoms with Gasteiger partial charge >= 0.3 is 12.2 Å². The van der Waals surface area contributed by atoms with E-state index in [4.69, 9.17) is 4.42 Å². The molecule has 0 aliphatic carbocycles. The summed E-state index contributed by atoms with van der Waals surface area (Å²) in [6.45, 7) is -0.140. The molecule has 14 heteroatoms. The molecule has 0 saturated carbocycles. The van der Waals surface area contributed by atoms with Gasteiger partial charge in [0, 0.05) is 26.2 Å². The molecule has 1 amide bonds. The van der Waals surface area contributed by atoms with Crippen molar-refractivity contribution in [3.63, 3.8) is 0 Å². The van der Waals surface area contributed by atoms with Crippen LogP contribution in [0.5, 0.6) is 5.75 Å². The minimum absolute atomic E-state index is 0.00181. The summed E-state index contributed by atoms with van der Waals surface area (Å²) >= 11 is 0. The number of hydrogen-bond acceptors (Lipinski definition) is 7. The van der Waals surface area contributed by atoms with Crippen molar-refractivity contribution in [3.05, 3.63) is 52.3 Å². The van der Waals surface area contributed by atoms with Crippen LogP contribution in [-0.2, 0) is 10.0 Å². The second-order valence-electron chi connectivity index (χ2n) is 6.11. The minimum Gasteiger partial charge on any atom is -0.406 e. The van der Waals surface area contributed by atoms with Crippen molar-refractivity contribution in [1.82, 2.24) is 9.21 Å². The van der Waals surface area contributed by atoms with Crippen LogP contribution in [0.4, 0.5) is 19.1 Å². The van der Waals surface area contributed by atoms with Crippen LogP contribution in [0, 0.1) is 10.1 Å². The normalized spacial score (nSPS) is 15.8. The molecule has 0 N–H and O–H groups in total. The van der Waals surface area contributed by atoms with E-state index in [-0.39, 0.29) is 36.8 Å². The Morgan fingerprint density at radius 2 is 1.67 bits per heavy atom. The molecule has 3 rings (SSSR count). The van der Waals surface area contributed by atoms with Crippen molar-refractivity contribution in [2.45, 2.75) is 11.3 Å². The number of rotatable bonds is 5. The number of carbonyl (C=O) groups is 1. The van der Waals surface area contributed by atoms with Gasteiger partial charge < -0.3 is 14.1 Å². The van der Waals surface area contributed by atoms with Gasteiger partial charge in [-0.15, -0.1) is 13.2 Å². The van der Waals surface area contributed by atoms with E-state index in [2.05, 4.69) is 4.74 Å². The Labute approximate surface area is 167 Å². The first-order valence-corrected chi connectivity index (χ1v) is 9.81. The Kier molecular flexibility index (Phi) is 5.72. The molecule has 2 heterocycles. The molecule has 1 fully saturated rings. The summed E-state index contributed by atoms with van der Waals surface area (Å²) in [5.74, 6) is -1.99. The molecule has 0 radical (unpaired) electrons. The van der Waals surface area contributed by atoms with Gasteiger partial charge in [-0.1, -0.05) is 0 Å². The third-order valence-electron chi connectivity index (χ3n) is 4.20. The van der Waals surface area contributed by atoms with Gasteiger partial charge in [-0.25, -0.2) is 8.42 Å². The Balaban J connectivity index is 1.64. The Morgan fingerprint density at radius 1 is 1.07 bits per heavy atom. The number of nitro groups is 1. The van der Waals surface area contributed by atoms with Gasteiger partial charge in [0.15, 0.2) is 5.76 Å². The van der Waals surface area contributed by atoms with Crippen LogP contribution in [0.1, 0.15) is 10.6 Å². The minimum atomic E-state index is -4.89. The van der Waals surface area contributed by atoms with Crippen LogP contribution in [0.2, 0.25) is 0 Å². The predicted octanol–water partition coefficient (Wildman–Crippen LogP) is 2.23. The summed E-state index contributed by atoms with van der Waals surface area (Å²) in [6.07, 6.45) is -4.89. The smallest absolute Gasteiger partial charge is 0.406 e. The fraction of sp³-hybridized carbons (Fsp3) is 0.312. The van der Waals surface area contributed by atoms with Gasteiger partial charge in [0.25, 0.3) is 5.91 Å². The first kappa shape index (κ1) is 21.6. The van der Waals surface area contributed by atoms with Gasteiger partial charge in [-0.2, -0.15) is 4.31 Å². The monoisotopic (exact) mass is 449 g/mol. The Morgan fingerprint density at radius 3 is 2.17 bits per heavy atom. The van der Waals surface area contributed by atoms with Crippen molar-refractivity contribution < 1.29 is 40.5 Å². The molecule has 1 aromatic heterocycles. The summed E-state index contributed by atoms with van der Waals surface area (Å²) in [7, 11) is -4.00. The summed E-state index contributed by atoms with van der Waals surface area (Å²) in [4.78, 5) is 23.3. The molecular weight excluding hydrogens is 435 g/mol. The molecule has 1 aliphatic rings. The van der Waals surface area contributed by atoms with Crippen LogP contribution in [0.25, 0.3) is 0 Å². The number of halogens is 3. The maximum absolute atomic E-state index is 12.7.